The molecule has 0 aliphatic carbocycles. The number of aryl methyl sites for hydroxylation is 1. The molecule has 0 spiro atoms. The summed E-state index contributed by atoms with van der Waals surface area (Å²) in [6.45, 7) is 8.11. The topological polar surface area (TPSA) is 67.7 Å². The number of ether oxygens (including phenoxy) is 1. The second-order valence-electron chi connectivity index (χ2n) is 7.55. The lowest BCUT2D eigenvalue weighted by Gasteiger charge is -2.30. The van der Waals surface area contributed by atoms with Crippen LogP contribution in [-0.2, 0) is 24.8 Å². The molecule has 0 atom stereocenters. The van der Waals surface area contributed by atoms with E-state index in [9.17, 15) is 9.59 Å². The number of aromatic nitrogens is 2. The van der Waals surface area contributed by atoms with Crippen LogP contribution in [0.1, 0.15) is 55.4 Å². The first-order valence-electron chi connectivity index (χ1n) is 8.58. The lowest BCUT2D eigenvalue weighted by atomic mass is 10.0. The van der Waals surface area contributed by atoms with Gasteiger partial charge in [0.2, 0.25) is 0 Å². The summed E-state index contributed by atoms with van der Waals surface area (Å²) in [5, 5.41) is 4.50. The van der Waals surface area contributed by atoms with Gasteiger partial charge in [-0.2, -0.15) is 5.10 Å². The highest BCUT2D eigenvalue weighted by Gasteiger charge is 2.33. The zero-order chi connectivity index (χ0) is 17.5. The van der Waals surface area contributed by atoms with E-state index in [2.05, 4.69) is 5.10 Å². The largest absolute Gasteiger partial charge is 0.444 e. The molecule has 0 aromatic carbocycles. The van der Waals surface area contributed by atoms with Crippen molar-refractivity contribution < 1.29 is 14.3 Å². The highest BCUT2D eigenvalue weighted by atomic mass is 16.6. The number of carbonyl (C=O) groups excluding carboxylic acids is 2. The molecule has 1 fully saturated rings. The van der Waals surface area contributed by atoms with E-state index in [1.54, 1.807) is 16.6 Å². The summed E-state index contributed by atoms with van der Waals surface area (Å²) in [6.07, 6.45) is 2.41. The van der Waals surface area contributed by atoms with Gasteiger partial charge in [0.15, 0.2) is 0 Å². The van der Waals surface area contributed by atoms with Crippen molar-refractivity contribution in [2.75, 3.05) is 19.6 Å². The molecule has 3 heterocycles. The van der Waals surface area contributed by atoms with Gasteiger partial charge in [-0.15, -0.1) is 0 Å². The number of carbonyl (C=O) groups is 2. The monoisotopic (exact) mass is 334 g/mol. The first-order valence-corrected chi connectivity index (χ1v) is 8.58. The van der Waals surface area contributed by atoms with Gasteiger partial charge in [-0.1, -0.05) is 0 Å². The first kappa shape index (κ1) is 16.8. The van der Waals surface area contributed by atoms with Crippen LogP contribution in [0.25, 0.3) is 0 Å². The minimum atomic E-state index is -0.527. The highest BCUT2D eigenvalue weighted by Crippen LogP contribution is 2.25. The molecule has 0 bridgehead atoms. The maximum atomic E-state index is 12.8. The normalized spacial score (nSPS) is 17.8. The molecular weight excluding hydrogens is 308 g/mol. The summed E-state index contributed by atoms with van der Waals surface area (Å²) in [5.74, 6) is 0.0230. The number of fused-ring (bicyclic) bond motifs is 1. The molecule has 132 valence electrons. The predicted octanol–water partition coefficient (Wildman–Crippen LogP) is 1.95. The van der Waals surface area contributed by atoms with Crippen molar-refractivity contribution in [2.24, 2.45) is 7.05 Å². The third-order valence-electron chi connectivity index (χ3n) is 4.44. The number of hydrogen-bond acceptors (Lipinski definition) is 4. The van der Waals surface area contributed by atoms with E-state index in [1.807, 2.05) is 25.7 Å². The maximum Gasteiger partial charge on any atom is 0.410 e. The molecule has 3 rings (SSSR count). The lowest BCUT2D eigenvalue weighted by molar-refractivity contribution is 0.0222. The van der Waals surface area contributed by atoms with E-state index >= 15 is 0 Å². The Morgan fingerprint density at radius 1 is 1.08 bits per heavy atom. The number of likely N-dealkylation sites (tertiary alicyclic amines) is 1. The molecule has 7 nitrogen and oxygen atoms in total. The van der Waals surface area contributed by atoms with Crippen LogP contribution >= 0.6 is 0 Å². The van der Waals surface area contributed by atoms with Crippen molar-refractivity contribution in [3.8, 4) is 0 Å². The van der Waals surface area contributed by atoms with Crippen molar-refractivity contribution in [3.05, 3.63) is 17.0 Å². The van der Waals surface area contributed by atoms with Crippen LogP contribution in [0.5, 0.6) is 0 Å². The SMILES string of the molecule is Cn1nc2c(c1C(=O)N1CCCC1)CN(C(=O)OC(C)(C)C)CC2. The van der Waals surface area contributed by atoms with Crippen molar-refractivity contribution >= 4 is 12.0 Å². The zero-order valence-electron chi connectivity index (χ0n) is 15.0. The fourth-order valence-corrected chi connectivity index (χ4v) is 3.32. The highest BCUT2D eigenvalue weighted by molar-refractivity contribution is 5.94. The van der Waals surface area contributed by atoms with Crippen LogP contribution in [0.2, 0.25) is 0 Å². The fourth-order valence-electron chi connectivity index (χ4n) is 3.32. The maximum absolute atomic E-state index is 12.8. The number of amides is 2. The van der Waals surface area contributed by atoms with Gasteiger partial charge in [0.25, 0.3) is 5.91 Å². The van der Waals surface area contributed by atoms with Crippen molar-refractivity contribution in [2.45, 2.75) is 52.2 Å². The summed E-state index contributed by atoms with van der Waals surface area (Å²) in [5.41, 5.74) is 1.87. The summed E-state index contributed by atoms with van der Waals surface area (Å²) < 4.78 is 7.13. The number of rotatable bonds is 1. The smallest absolute Gasteiger partial charge is 0.410 e. The first-order chi connectivity index (χ1) is 11.3. The molecule has 2 amide bonds. The second kappa shape index (κ2) is 6.11. The van der Waals surface area contributed by atoms with Crippen LogP contribution in [0.3, 0.4) is 0 Å². The Kier molecular flexibility index (Phi) is 4.27. The van der Waals surface area contributed by atoms with Crippen LogP contribution in [0.15, 0.2) is 0 Å². The molecule has 1 saturated heterocycles. The second-order valence-corrected chi connectivity index (χ2v) is 7.55. The van der Waals surface area contributed by atoms with Crippen molar-refractivity contribution in [3.63, 3.8) is 0 Å². The summed E-state index contributed by atoms with van der Waals surface area (Å²) in [4.78, 5) is 28.7. The van der Waals surface area contributed by atoms with Gasteiger partial charge in [0.05, 0.1) is 12.2 Å². The molecule has 2 aliphatic heterocycles. The molecule has 0 saturated carbocycles. The van der Waals surface area contributed by atoms with Gasteiger partial charge in [0.1, 0.15) is 11.3 Å². The predicted molar refractivity (Wildman–Crippen MR) is 88.7 cm³/mol. The average Bonchev–Trinajstić information content (AvgIpc) is 3.10. The Morgan fingerprint density at radius 2 is 1.75 bits per heavy atom. The van der Waals surface area contributed by atoms with E-state index in [1.165, 1.54) is 0 Å². The van der Waals surface area contributed by atoms with Gasteiger partial charge in [-0.3, -0.25) is 9.48 Å². The minimum Gasteiger partial charge on any atom is -0.444 e. The van der Waals surface area contributed by atoms with Gasteiger partial charge >= 0.3 is 6.09 Å². The van der Waals surface area contributed by atoms with Gasteiger partial charge in [-0.05, 0) is 33.6 Å². The van der Waals surface area contributed by atoms with E-state index in [4.69, 9.17) is 4.74 Å². The van der Waals surface area contributed by atoms with Gasteiger partial charge in [0, 0.05) is 38.7 Å². The Bertz CT molecular complexity index is 654. The molecule has 0 unspecified atom stereocenters. The van der Waals surface area contributed by atoms with E-state index in [0.29, 0.717) is 25.2 Å². The Balaban J connectivity index is 1.82. The third-order valence-corrected chi connectivity index (χ3v) is 4.44. The number of hydrogen-bond donors (Lipinski definition) is 0. The minimum absolute atomic E-state index is 0.0230. The van der Waals surface area contributed by atoms with Gasteiger partial charge < -0.3 is 14.5 Å². The molecule has 0 radical (unpaired) electrons. The van der Waals surface area contributed by atoms with E-state index < -0.39 is 5.60 Å². The molecule has 7 heteroatoms. The van der Waals surface area contributed by atoms with Crippen molar-refractivity contribution in [1.29, 1.82) is 0 Å². The zero-order valence-corrected chi connectivity index (χ0v) is 15.0. The van der Waals surface area contributed by atoms with E-state index in [0.717, 1.165) is 37.2 Å². The van der Waals surface area contributed by atoms with Gasteiger partial charge in [-0.25, -0.2) is 4.79 Å². The molecule has 24 heavy (non-hydrogen) atoms. The third kappa shape index (κ3) is 3.25. The Hall–Kier alpha value is -2.05. The Labute approximate surface area is 142 Å². The van der Waals surface area contributed by atoms with Crippen molar-refractivity contribution in [1.82, 2.24) is 19.6 Å². The Morgan fingerprint density at radius 3 is 2.38 bits per heavy atom. The van der Waals surface area contributed by atoms with E-state index in [-0.39, 0.29) is 12.0 Å². The summed E-state index contributed by atoms with van der Waals surface area (Å²) >= 11 is 0. The lowest BCUT2D eigenvalue weighted by Crippen LogP contribution is -2.40. The van der Waals surface area contributed by atoms with Crippen LogP contribution in [-0.4, -0.2) is 56.8 Å². The fraction of sp³-hybridized carbons (Fsp3) is 0.706. The standard InChI is InChI=1S/C17H26N4O3/c1-17(2,3)24-16(23)21-10-7-13-12(11-21)14(19(4)18-13)15(22)20-8-5-6-9-20/h5-11H2,1-4H3. The van der Waals surface area contributed by atoms with Crippen LogP contribution < -0.4 is 0 Å². The van der Waals surface area contributed by atoms with Crippen LogP contribution in [0.4, 0.5) is 4.79 Å². The van der Waals surface area contributed by atoms with Crippen LogP contribution in [0, 0.1) is 0 Å². The quantitative estimate of drug-likeness (QED) is 0.787. The molecule has 1 aromatic rings. The molecule has 2 aliphatic rings. The molecule has 1 aromatic heterocycles. The number of nitrogens with zero attached hydrogens (tertiary/aromatic N) is 4. The molecule has 0 N–H and O–H groups in total. The summed E-state index contributed by atoms with van der Waals surface area (Å²) in [6, 6.07) is 0. The summed E-state index contributed by atoms with van der Waals surface area (Å²) in [7, 11) is 1.81. The molecular formula is C17H26N4O3. The average molecular weight is 334 g/mol.